The van der Waals surface area contributed by atoms with Gasteiger partial charge in [-0.25, -0.2) is 4.79 Å². The van der Waals surface area contributed by atoms with Crippen molar-refractivity contribution in [3.05, 3.63) is 29.8 Å². The molecule has 1 aromatic rings. The number of carbonyl (C=O) groups excluding carboxylic acids is 1. The summed E-state index contributed by atoms with van der Waals surface area (Å²) in [5.41, 5.74) is 0.356. The SMILES string of the molecule is CC(C)COC(=O)c1ccccc1B(O)O. The van der Waals surface area contributed by atoms with Crippen LogP contribution in [-0.2, 0) is 4.74 Å². The van der Waals surface area contributed by atoms with E-state index in [4.69, 9.17) is 14.8 Å². The molecule has 0 aliphatic rings. The van der Waals surface area contributed by atoms with Crippen molar-refractivity contribution >= 4 is 18.6 Å². The second kappa shape index (κ2) is 5.68. The Morgan fingerprint density at radius 3 is 2.56 bits per heavy atom. The predicted octanol–water partition coefficient (Wildman–Crippen LogP) is 0.179. The van der Waals surface area contributed by atoms with Gasteiger partial charge >= 0.3 is 13.1 Å². The summed E-state index contributed by atoms with van der Waals surface area (Å²) in [6, 6.07) is 6.28. The van der Waals surface area contributed by atoms with Gasteiger partial charge in [0.15, 0.2) is 0 Å². The van der Waals surface area contributed by atoms with Gasteiger partial charge in [-0.1, -0.05) is 32.0 Å². The zero-order chi connectivity index (χ0) is 12.1. The molecule has 0 fully saturated rings. The molecular formula is C11H15BO4. The maximum atomic E-state index is 11.6. The Balaban J connectivity index is 2.82. The molecule has 0 unspecified atom stereocenters. The van der Waals surface area contributed by atoms with Gasteiger partial charge in [0.1, 0.15) is 0 Å². The summed E-state index contributed by atoms with van der Waals surface area (Å²) >= 11 is 0. The van der Waals surface area contributed by atoms with E-state index in [1.54, 1.807) is 12.1 Å². The molecule has 0 atom stereocenters. The highest BCUT2D eigenvalue weighted by Gasteiger charge is 2.20. The third kappa shape index (κ3) is 3.36. The van der Waals surface area contributed by atoms with E-state index < -0.39 is 13.1 Å². The van der Waals surface area contributed by atoms with E-state index in [0.29, 0.717) is 6.61 Å². The first-order valence-corrected chi connectivity index (χ1v) is 5.14. The van der Waals surface area contributed by atoms with Crippen LogP contribution in [0.3, 0.4) is 0 Å². The lowest BCUT2D eigenvalue weighted by molar-refractivity contribution is 0.0460. The second-order valence-corrected chi connectivity index (χ2v) is 3.95. The van der Waals surface area contributed by atoms with Gasteiger partial charge in [-0.15, -0.1) is 0 Å². The predicted molar refractivity (Wildman–Crippen MR) is 61.4 cm³/mol. The summed E-state index contributed by atoms with van der Waals surface area (Å²) in [5.74, 6) is -0.285. The van der Waals surface area contributed by atoms with Crippen LogP contribution in [0.15, 0.2) is 24.3 Å². The number of hydrogen-bond acceptors (Lipinski definition) is 4. The van der Waals surface area contributed by atoms with Crippen molar-refractivity contribution < 1.29 is 19.6 Å². The van der Waals surface area contributed by atoms with Gasteiger partial charge in [0.25, 0.3) is 0 Å². The summed E-state index contributed by atoms with van der Waals surface area (Å²) in [6.07, 6.45) is 0. The lowest BCUT2D eigenvalue weighted by Gasteiger charge is -2.10. The van der Waals surface area contributed by atoms with Crippen molar-refractivity contribution in [3.63, 3.8) is 0 Å². The van der Waals surface area contributed by atoms with E-state index >= 15 is 0 Å². The van der Waals surface area contributed by atoms with Crippen LogP contribution in [0.1, 0.15) is 24.2 Å². The van der Waals surface area contributed by atoms with Crippen molar-refractivity contribution in [1.29, 1.82) is 0 Å². The normalized spacial score (nSPS) is 10.3. The highest BCUT2D eigenvalue weighted by molar-refractivity contribution is 6.60. The van der Waals surface area contributed by atoms with Crippen molar-refractivity contribution in [2.75, 3.05) is 6.61 Å². The molecule has 2 N–H and O–H groups in total. The summed E-state index contributed by atoms with van der Waals surface area (Å²) in [5, 5.41) is 18.2. The molecule has 0 radical (unpaired) electrons. The number of ether oxygens (including phenoxy) is 1. The first-order chi connectivity index (χ1) is 7.52. The lowest BCUT2D eigenvalue weighted by atomic mass is 9.77. The Bertz CT molecular complexity index is 363. The fourth-order valence-corrected chi connectivity index (χ4v) is 1.23. The molecule has 0 aliphatic heterocycles. The molecule has 5 heteroatoms. The van der Waals surface area contributed by atoms with Crippen LogP contribution in [0, 0.1) is 5.92 Å². The first-order valence-electron chi connectivity index (χ1n) is 5.14. The third-order valence-electron chi connectivity index (χ3n) is 2.01. The van der Waals surface area contributed by atoms with E-state index in [1.807, 2.05) is 13.8 Å². The van der Waals surface area contributed by atoms with Gasteiger partial charge in [0, 0.05) is 0 Å². The molecule has 0 saturated carbocycles. The highest BCUT2D eigenvalue weighted by atomic mass is 16.5. The van der Waals surface area contributed by atoms with Crippen LogP contribution in [0.2, 0.25) is 0 Å². The molecule has 0 heterocycles. The largest absolute Gasteiger partial charge is 0.489 e. The maximum absolute atomic E-state index is 11.6. The number of carbonyl (C=O) groups is 1. The van der Waals surface area contributed by atoms with Crippen LogP contribution in [-0.4, -0.2) is 29.7 Å². The molecule has 0 saturated heterocycles. The number of esters is 1. The molecule has 1 aromatic carbocycles. The Morgan fingerprint density at radius 1 is 1.38 bits per heavy atom. The Labute approximate surface area is 95.0 Å². The molecule has 86 valence electrons. The van der Waals surface area contributed by atoms with Gasteiger partial charge < -0.3 is 14.8 Å². The van der Waals surface area contributed by atoms with Crippen LogP contribution in [0.25, 0.3) is 0 Å². The van der Waals surface area contributed by atoms with Crippen molar-refractivity contribution in [3.8, 4) is 0 Å². The van der Waals surface area contributed by atoms with Crippen LogP contribution >= 0.6 is 0 Å². The number of hydrogen-bond donors (Lipinski definition) is 2. The van der Waals surface area contributed by atoms with Gasteiger partial charge in [-0.05, 0) is 17.4 Å². The maximum Gasteiger partial charge on any atom is 0.489 e. The van der Waals surface area contributed by atoms with Crippen LogP contribution in [0.4, 0.5) is 0 Å². The van der Waals surface area contributed by atoms with Gasteiger partial charge in [-0.3, -0.25) is 0 Å². The van der Waals surface area contributed by atoms with Crippen LogP contribution < -0.4 is 5.46 Å². The van der Waals surface area contributed by atoms with Gasteiger partial charge in [0.05, 0.1) is 12.2 Å². The Hall–Kier alpha value is -1.33. The lowest BCUT2D eigenvalue weighted by Crippen LogP contribution is -2.35. The van der Waals surface area contributed by atoms with Gasteiger partial charge in [-0.2, -0.15) is 0 Å². The van der Waals surface area contributed by atoms with Crippen molar-refractivity contribution in [2.24, 2.45) is 5.92 Å². The fourth-order valence-electron chi connectivity index (χ4n) is 1.23. The van der Waals surface area contributed by atoms with Crippen LogP contribution in [0.5, 0.6) is 0 Å². The average molecular weight is 222 g/mol. The summed E-state index contributed by atoms with van der Waals surface area (Å²) in [6.45, 7) is 4.18. The molecule has 0 aromatic heterocycles. The topological polar surface area (TPSA) is 66.8 Å². The molecule has 1 rings (SSSR count). The quantitative estimate of drug-likeness (QED) is 0.563. The minimum absolute atomic E-state index is 0.163. The zero-order valence-corrected chi connectivity index (χ0v) is 9.38. The zero-order valence-electron chi connectivity index (χ0n) is 9.38. The molecule has 0 aliphatic carbocycles. The van der Waals surface area contributed by atoms with E-state index in [0.717, 1.165) is 0 Å². The van der Waals surface area contributed by atoms with E-state index in [1.165, 1.54) is 12.1 Å². The van der Waals surface area contributed by atoms with E-state index in [-0.39, 0.29) is 16.9 Å². The number of benzene rings is 1. The molecule has 0 spiro atoms. The second-order valence-electron chi connectivity index (χ2n) is 3.95. The molecule has 0 bridgehead atoms. The first kappa shape index (κ1) is 12.7. The molecular weight excluding hydrogens is 207 g/mol. The minimum Gasteiger partial charge on any atom is -0.462 e. The molecule has 4 nitrogen and oxygen atoms in total. The van der Waals surface area contributed by atoms with Gasteiger partial charge in [0.2, 0.25) is 0 Å². The summed E-state index contributed by atoms with van der Waals surface area (Å²) < 4.78 is 5.02. The molecule has 0 amide bonds. The average Bonchev–Trinajstić information content (AvgIpc) is 2.25. The van der Waals surface area contributed by atoms with E-state index in [9.17, 15) is 4.79 Å². The van der Waals surface area contributed by atoms with Crippen molar-refractivity contribution in [1.82, 2.24) is 0 Å². The minimum atomic E-state index is -1.66. The monoisotopic (exact) mass is 222 g/mol. The van der Waals surface area contributed by atoms with E-state index in [2.05, 4.69) is 0 Å². The molecule has 16 heavy (non-hydrogen) atoms. The fraction of sp³-hybridized carbons (Fsp3) is 0.364. The standard InChI is InChI=1S/C11H15BO4/c1-8(2)7-16-11(13)9-5-3-4-6-10(9)12(14)15/h3-6,8,14-15H,7H2,1-2H3. The van der Waals surface area contributed by atoms with Crippen molar-refractivity contribution in [2.45, 2.75) is 13.8 Å². The smallest absolute Gasteiger partial charge is 0.462 e. The third-order valence-corrected chi connectivity index (χ3v) is 2.01. The Kier molecular flexibility index (Phi) is 4.52. The summed E-state index contributed by atoms with van der Waals surface area (Å²) in [7, 11) is -1.66. The Morgan fingerprint density at radius 2 is 2.00 bits per heavy atom. The highest BCUT2D eigenvalue weighted by Crippen LogP contribution is 2.02. The number of rotatable bonds is 4. The summed E-state index contributed by atoms with van der Waals surface area (Å²) in [4.78, 5) is 11.6.